The van der Waals surface area contributed by atoms with Gasteiger partial charge in [0.2, 0.25) is 5.95 Å². The number of hydrogen-bond donors (Lipinski definition) is 0. The number of rotatable bonds is 5. The molecule has 0 aliphatic carbocycles. The number of imidazole rings is 1. The normalized spacial score (nSPS) is 10.3. The first-order chi connectivity index (χ1) is 7.86. The third-order valence-corrected chi connectivity index (χ3v) is 2.36. The monoisotopic (exact) mass is 217 g/mol. The summed E-state index contributed by atoms with van der Waals surface area (Å²) in [5, 5.41) is 0. The van der Waals surface area contributed by atoms with Gasteiger partial charge in [-0.3, -0.25) is 0 Å². The lowest BCUT2D eigenvalue weighted by atomic mass is 10.4. The van der Waals surface area contributed by atoms with Crippen LogP contribution in [-0.4, -0.2) is 33.1 Å². The highest BCUT2D eigenvalue weighted by Gasteiger charge is 2.01. The highest BCUT2D eigenvalue weighted by atomic mass is 15.2. The second-order valence-corrected chi connectivity index (χ2v) is 3.62. The average Bonchev–Trinajstić information content (AvgIpc) is 2.83. The SMILES string of the molecule is CN(CCCn1ccnc1)c1ncccn1. The fourth-order valence-electron chi connectivity index (χ4n) is 1.50. The van der Waals surface area contributed by atoms with Crippen LogP contribution in [-0.2, 0) is 6.54 Å². The van der Waals surface area contributed by atoms with Gasteiger partial charge in [0.15, 0.2) is 0 Å². The predicted octanol–water partition coefficient (Wildman–Crippen LogP) is 1.20. The van der Waals surface area contributed by atoms with Gasteiger partial charge in [-0.15, -0.1) is 0 Å². The van der Waals surface area contributed by atoms with Crippen LogP contribution >= 0.6 is 0 Å². The molecule has 2 rings (SSSR count). The second-order valence-electron chi connectivity index (χ2n) is 3.62. The summed E-state index contributed by atoms with van der Waals surface area (Å²) in [6.45, 7) is 1.90. The Bertz CT molecular complexity index is 398. The molecule has 0 spiro atoms. The molecule has 84 valence electrons. The van der Waals surface area contributed by atoms with Gasteiger partial charge in [0.1, 0.15) is 0 Å². The minimum atomic E-state index is 0.771. The van der Waals surface area contributed by atoms with Gasteiger partial charge in [0, 0.05) is 44.9 Å². The van der Waals surface area contributed by atoms with Gasteiger partial charge in [-0.1, -0.05) is 0 Å². The molecule has 5 heteroatoms. The smallest absolute Gasteiger partial charge is 0.224 e. The average molecular weight is 217 g/mol. The molecule has 0 radical (unpaired) electrons. The highest BCUT2D eigenvalue weighted by Crippen LogP contribution is 2.03. The van der Waals surface area contributed by atoms with E-state index in [2.05, 4.69) is 24.4 Å². The molecule has 2 heterocycles. The Balaban J connectivity index is 1.78. The standard InChI is InChI=1S/C11H15N5/c1-15(11-13-4-2-5-14-11)7-3-8-16-9-6-12-10-16/h2,4-6,9-10H,3,7-8H2,1H3. The Kier molecular flexibility index (Phi) is 3.48. The zero-order valence-electron chi connectivity index (χ0n) is 9.32. The number of anilines is 1. The van der Waals surface area contributed by atoms with Crippen LogP contribution in [0.15, 0.2) is 37.2 Å². The van der Waals surface area contributed by atoms with Crippen LogP contribution in [0.5, 0.6) is 0 Å². The molecule has 0 unspecified atom stereocenters. The van der Waals surface area contributed by atoms with Crippen molar-refractivity contribution in [1.82, 2.24) is 19.5 Å². The summed E-state index contributed by atoms with van der Waals surface area (Å²) >= 11 is 0. The number of aryl methyl sites for hydroxylation is 1. The minimum Gasteiger partial charge on any atom is -0.344 e. The number of hydrogen-bond acceptors (Lipinski definition) is 4. The van der Waals surface area contributed by atoms with Crippen LogP contribution in [0.3, 0.4) is 0 Å². The number of nitrogens with zero attached hydrogens (tertiary/aromatic N) is 5. The van der Waals surface area contributed by atoms with Gasteiger partial charge in [-0.2, -0.15) is 0 Å². The molecule has 0 aliphatic rings. The molecule has 0 fully saturated rings. The lowest BCUT2D eigenvalue weighted by Gasteiger charge is -2.16. The molecule has 5 nitrogen and oxygen atoms in total. The zero-order valence-corrected chi connectivity index (χ0v) is 9.32. The van der Waals surface area contributed by atoms with Crippen LogP contribution in [0.25, 0.3) is 0 Å². The summed E-state index contributed by atoms with van der Waals surface area (Å²) in [6, 6.07) is 1.82. The van der Waals surface area contributed by atoms with Crippen molar-refractivity contribution in [1.29, 1.82) is 0 Å². The largest absolute Gasteiger partial charge is 0.344 e. The maximum Gasteiger partial charge on any atom is 0.224 e. The molecule has 0 atom stereocenters. The molecular formula is C11H15N5. The van der Waals surface area contributed by atoms with Crippen LogP contribution in [0, 0.1) is 0 Å². The van der Waals surface area contributed by atoms with Gasteiger partial charge >= 0.3 is 0 Å². The molecule has 0 aromatic carbocycles. The molecule has 0 bridgehead atoms. The fourth-order valence-corrected chi connectivity index (χ4v) is 1.50. The van der Waals surface area contributed by atoms with Gasteiger partial charge < -0.3 is 9.47 Å². The third-order valence-electron chi connectivity index (χ3n) is 2.36. The first-order valence-electron chi connectivity index (χ1n) is 5.30. The first kappa shape index (κ1) is 10.6. The second kappa shape index (κ2) is 5.25. The van der Waals surface area contributed by atoms with E-state index in [1.165, 1.54) is 0 Å². The van der Waals surface area contributed by atoms with Gasteiger partial charge in [-0.25, -0.2) is 15.0 Å². The summed E-state index contributed by atoms with van der Waals surface area (Å²) in [4.78, 5) is 14.4. The Morgan fingerprint density at radius 2 is 2.06 bits per heavy atom. The van der Waals surface area contributed by atoms with Gasteiger partial charge in [0.05, 0.1) is 6.33 Å². The summed E-state index contributed by atoms with van der Waals surface area (Å²) < 4.78 is 2.07. The van der Waals surface area contributed by atoms with E-state index in [0.717, 1.165) is 25.5 Å². The zero-order chi connectivity index (χ0) is 11.2. The van der Waals surface area contributed by atoms with Gasteiger partial charge in [-0.05, 0) is 12.5 Å². The van der Waals surface area contributed by atoms with Crippen molar-refractivity contribution in [3.63, 3.8) is 0 Å². The molecule has 0 N–H and O–H groups in total. The van der Waals surface area contributed by atoms with E-state index in [-0.39, 0.29) is 0 Å². The van der Waals surface area contributed by atoms with Crippen molar-refractivity contribution in [2.75, 3.05) is 18.5 Å². The topological polar surface area (TPSA) is 46.8 Å². The molecule has 0 saturated heterocycles. The quantitative estimate of drug-likeness (QED) is 0.755. The molecule has 0 aliphatic heterocycles. The fraction of sp³-hybridized carbons (Fsp3) is 0.364. The van der Waals surface area contributed by atoms with Crippen LogP contribution < -0.4 is 4.90 Å². The molecule has 2 aromatic heterocycles. The van der Waals surface area contributed by atoms with E-state index in [4.69, 9.17) is 0 Å². The Morgan fingerprint density at radius 1 is 1.25 bits per heavy atom. The van der Waals surface area contributed by atoms with E-state index in [1.54, 1.807) is 18.6 Å². The Labute approximate surface area is 94.8 Å². The highest BCUT2D eigenvalue weighted by molar-refractivity contribution is 5.25. The molecule has 0 amide bonds. The molecule has 16 heavy (non-hydrogen) atoms. The van der Waals surface area contributed by atoms with Gasteiger partial charge in [0.25, 0.3) is 0 Å². The lowest BCUT2D eigenvalue weighted by Crippen LogP contribution is -2.21. The Morgan fingerprint density at radius 3 is 2.75 bits per heavy atom. The van der Waals surface area contributed by atoms with Crippen molar-refractivity contribution in [2.24, 2.45) is 0 Å². The minimum absolute atomic E-state index is 0.771. The van der Waals surface area contributed by atoms with Crippen molar-refractivity contribution in [2.45, 2.75) is 13.0 Å². The lowest BCUT2D eigenvalue weighted by molar-refractivity contribution is 0.633. The predicted molar refractivity (Wildman–Crippen MR) is 62.1 cm³/mol. The van der Waals surface area contributed by atoms with Crippen molar-refractivity contribution in [3.8, 4) is 0 Å². The van der Waals surface area contributed by atoms with Crippen molar-refractivity contribution < 1.29 is 0 Å². The van der Waals surface area contributed by atoms with Crippen molar-refractivity contribution in [3.05, 3.63) is 37.2 Å². The van der Waals surface area contributed by atoms with Crippen LogP contribution in [0.2, 0.25) is 0 Å². The Hall–Kier alpha value is -1.91. The van der Waals surface area contributed by atoms with E-state index in [9.17, 15) is 0 Å². The third kappa shape index (κ3) is 2.79. The maximum atomic E-state index is 4.19. The summed E-state index contributed by atoms with van der Waals surface area (Å²) in [5.74, 6) is 0.771. The maximum absolute atomic E-state index is 4.19. The summed E-state index contributed by atoms with van der Waals surface area (Å²) in [7, 11) is 2.00. The molecular weight excluding hydrogens is 202 g/mol. The van der Waals surface area contributed by atoms with E-state index in [1.807, 2.05) is 25.6 Å². The summed E-state index contributed by atoms with van der Waals surface area (Å²) in [5.41, 5.74) is 0. The molecule has 2 aromatic rings. The van der Waals surface area contributed by atoms with Crippen molar-refractivity contribution >= 4 is 5.95 Å². The van der Waals surface area contributed by atoms with Crippen LogP contribution in [0.1, 0.15) is 6.42 Å². The molecule has 0 saturated carbocycles. The first-order valence-corrected chi connectivity index (χ1v) is 5.30. The van der Waals surface area contributed by atoms with E-state index < -0.39 is 0 Å². The van der Waals surface area contributed by atoms with E-state index in [0.29, 0.717) is 0 Å². The van der Waals surface area contributed by atoms with Crippen LogP contribution in [0.4, 0.5) is 5.95 Å². The van der Waals surface area contributed by atoms with E-state index >= 15 is 0 Å². The summed E-state index contributed by atoms with van der Waals surface area (Å²) in [6.07, 6.45) is 10.2. The number of aromatic nitrogens is 4.